The minimum Gasteiger partial charge on any atom is -0.464 e. The lowest BCUT2D eigenvalue weighted by Crippen LogP contribution is -2.58. The fourth-order valence-electron chi connectivity index (χ4n) is 3.98. The smallest absolute Gasteiger partial charge is 0.360 e. The predicted octanol–water partition coefficient (Wildman–Crippen LogP) is 1.46. The van der Waals surface area contributed by atoms with E-state index < -0.39 is 27.7 Å². The maximum Gasteiger partial charge on any atom is 0.360 e. The molecule has 3 unspecified atom stereocenters. The van der Waals surface area contributed by atoms with E-state index in [1.165, 1.54) is 52.8 Å². The van der Waals surface area contributed by atoms with Crippen molar-refractivity contribution in [1.82, 2.24) is 19.9 Å². The second-order valence-electron chi connectivity index (χ2n) is 7.98. The minimum absolute atomic E-state index is 0.0628. The highest BCUT2D eigenvalue weighted by molar-refractivity contribution is 8.01. The van der Waals surface area contributed by atoms with Crippen LogP contribution in [-0.2, 0) is 32.2 Å². The first-order valence-electron chi connectivity index (χ1n) is 10.0. The highest BCUT2D eigenvalue weighted by atomic mass is 32.2. The van der Waals surface area contributed by atoms with Crippen molar-refractivity contribution in [2.75, 3.05) is 7.11 Å². The van der Waals surface area contributed by atoms with E-state index in [1.807, 2.05) is 6.92 Å². The maximum absolute atomic E-state index is 13.1. The summed E-state index contributed by atoms with van der Waals surface area (Å²) in [7, 11) is 1.25. The van der Waals surface area contributed by atoms with Crippen LogP contribution < -0.4 is 0 Å². The van der Waals surface area contributed by atoms with Crippen molar-refractivity contribution >= 4 is 35.3 Å². The number of amides is 1. The van der Waals surface area contributed by atoms with Gasteiger partial charge in [-0.3, -0.25) is 14.9 Å². The van der Waals surface area contributed by atoms with Crippen molar-refractivity contribution in [1.29, 1.82) is 0 Å². The van der Waals surface area contributed by atoms with E-state index in [4.69, 9.17) is 9.47 Å². The second kappa shape index (κ2) is 8.46. The van der Waals surface area contributed by atoms with Gasteiger partial charge in [0.1, 0.15) is 12.6 Å². The molecule has 1 aromatic heterocycles. The molecule has 2 aliphatic rings. The summed E-state index contributed by atoms with van der Waals surface area (Å²) < 4.78 is 9.40. The van der Waals surface area contributed by atoms with Crippen molar-refractivity contribution < 1.29 is 28.8 Å². The Morgan fingerprint density at radius 1 is 1.30 bits per heavy atom. The van der Waals surface area contributed by atoms with Gasteiger partial charge in [0, 0.05) is 12.1 Å². The van der Waals surface area contributed by atoms with Gasteiger partial charge in [-0.1, -0.05) is 0 Å². The third-order valence-corrected chi connectivity index (χ3v) is 7.18. The number of rotatable bonds is 7. The Hall–Kier alpha value is -3.48. The molecule has 12 nitrogen and oxygen atoms in total. The van der Waals surface area contributed by atoms with Crippen molar-refractivity contribution in [2.45, 2.75) is 49.6 Å². The third kappa shape index (κ3) is 4.15. The molecule has 1 aromatic carbocycles. The Morgan fingerprint density at radius 3 is 2.61 bits per heavy atom. The number of methoxy groups -OCH3 is 1. The van der Waals surface area contributed by atoms with Crippen molar-refractivity contribution in [3.05, 3.63) is 51.3 Å². The maximum atomic E-state index is 13.1. The van der Waals surface area contributed by atoms with E-state index in [0.717, 1.165) is 0 Å². The lowest BCUT2D eigenvalue weighted by atomic mass is 9.96. The first kappa shape index (κ1) is 22.7. The molecule has 2 aliphatic heterocycles. The average molecular weight is 475 g/mol. The summed E-state index contributed by atoms with van der Waals surface area (Å²) in [5, 5.41) is 19.1. The molecule has 0 bridgehead atoms. The summed E-state index contributed by atoms with van der Waals surface area (Å²) >= 11 is 1.47. The van der Waals surface area contributed by atoms with Gasteiger partial charge in [0.05, 0.1) is 40.8 Å². The number of benzene rings is 1. The normalized spacial score (nSPS) is 23.6. The van der Waals surface area contributed by atoms with Gasteiger partial charge in [-0.25, -0.2) is 9.59 Å². The van der Waals surface area contributed by atoms with E-state index in [-0.39, 0.29) is 35.8 Å². The molecular formula is C20H21N5O7S. The van der Waals surface area contributed by atoms with Crippen LogP contribution in [0.15, 0.2) is 24.3 Å². The van der Waals surface area contributed by atoms with Crippen LogP contribution in [0.25, 0.3) is 0 Å². The molecule has 0 spiro atoms. The zero-order valence-corrected chi connectivity index (χ0v) is 18.9. The van der Waals surface area contributed by atoms with Gasteiger partial charge < -0.3 is 14.4 Å². The van der Waals surface area contributed by atoms with E-state index in [2.05, 4.69) is 10.2 Å². The first-order valence-corrected chi connectivity index (χ1v) is 10.9. The van der Waals surface area contributed by atoms with Gasteiger partial charge in [0.25, 0.3) is 5.69 Å². The summed E-state index contributed by atoms with van der Waals surface area (Å²) in [6.45, 7) is 3.53. The standard InChI is InChI=1S/C20H21N5O7S/c1-11-16(18(27)31-3)22-23(21-11)10-20(2)17(24-14(26)8-15(24)33-20)19(28)32-9-12-4-6-13(7-5-12)25(29)30/h4-7,15,17H,8-10H2,1-3H3. The summed E-state index contributed by atoms with van der Waals surface area (Å²) in [6.07, 6.45) is 0.325. The van der Waals surface area contributed by atoms with Crippen LogP contribution in [0.4, 0.5) is 5.69 Å². The van der Waals surface area contributed by atoms with Crippen LogP contribution in [0.3, 0.4) is 0 Å². The van der Waals surface area contributed by atoms with Gasteiger partial charge >= 0.3 is 11.9 Å². The first-order chi connectivity index (χ1) is 15.6. The molecule has 2 aromatic rings. The highest BCUT2D eigenvalue weighted by Crippen LogP contribution is 2.51. The summed E-state index contributed by atoms with van der Waals surface area (Å²) in [5.74, 6) is -1.34. The average Bonchev–Trinajstić information content (AvgIpc) is 3.25. The number of nitrogens with zero attached hydrogens (tertiary/aromatic N) is 5. The Kier molecular flexibility index (Phi) is 5.82. The summed E-state index contributed by atoms with van der Waals surface area (Å²) in [6, 6.07) is 4.81. The van der Waals surface area contributed by atoms with Crippen LogP contribution in [-0.4, -0.2) is 65.9 Å². The second-order valence-corrected chi connectivity index (χ2v) is 9.69. The molecule has 0 N–H and O–H groups in total. The number of non-ortho nitro benzene ring substituents is 1. The zero-order chi connectivity index (χ0) is 23.9. The Balaban J connectivity index is 1.51. The van der Waals surface area contributed by atoms with Crippen molar-refractivity contribution in [3.8, 4) is 0 Å². The van der Waals surface area contributed by atoms with Gasteiger partial charge in [-0.15, -0.1) is 16.9 Å². The van der Waals surface area contributed by atoms with E-state index >= 15 is 0 Å². The Bertz CT molecular complexity index is 1130. The van der Waals surface area contributed by atoms with Crippen molar-refractivity contribution in [3.63, 3.8) is 0 Å². The van der Waals surface area contributed by atoms with Crippen LogP contribution >= 0.6 is 11.8 Å². The molecule has 33 heavy (non-hydrogen) atoms. The molecule has 4 rings (SSSR count). The van der Waals surface area contributed by atoms with Crippen molar-refractivity contribution in [2.24, 2.45) is 0 Å². The Labute approximate surface area is 192 Å². The molecule has 13 heteroatoms. The van der Waals surface area contributed by atoms with Gasteiger partial charge in [0.2, 0.25) is 5.91 Å². The number of aromatic nitrogens is 3. The zero-order valence-electron chi connectivity index (χ0n) is 18.1. The number of β-lactam (4-membered cyclic amide) rings is 1. The van der Waals surface area contributed by atoms with Crippen LogP contribution in [0, 0.1) is 17.0 Å². The fourth-order valence-corrected chi connectivity index (χ4v) is 5.71. The Morgan fingerprint density at radius 2 is 2.00 bits per heavy atom. The van der Waals surface area contributed by atoms with Crippen LogP contribution in [0.5, 0.6) is 0 Å². The van der Waals surface area contributed by atoms with Crippen LogP contribution in [0.2, 0.25) is 0 Å². The number of aryl methyl sites for hydroxylation is 1. The molecule has 2 saturated heterocycles. The minimum atomic E-state index is -0.875. The highest BCUT2D eigenvalue weighted by Gasteiger charge is 2.61. The summed E-state index contributed by atoms with van der Waals surface area (Å²) in [4.78, 5) is 50.4. The number of carbonyl (C=O) groups excluding carboxylic acids is 3. The topological polar surface area (TPSA) is 147 Å². The molecule has 3 atom stereocenters. The molecule has 0 radical (unpaired) electrons. The largest absolute Gasteiger partial charge is 0.464 e. The fraction of sp³-hybridized carbons (Fsp3) is 0.450. The SMILES string of the molecule is COC(=O)c1nn(CC2(C)SC3CC(=O)N3C2C(=O)OCc2ccc([N+](=O)[O-])cc2)nc1C. The number of thioether (sulfide) groups is 1. The lowest BCUT2D eigenvalue weighted by molar-refractivity contribution is -0.384. The molecule has 174 valence electrons. The number of nitro benzene ring substituents is 1. The molecule has 0 aliphatic carbocycles. The molecule has 3 heterocycles. The third-order valence-electron chi connectivity index (χ3n) is 5.62. The van der Waals surface area contributed by atoms with Crippen LogP contribution in [0.1, 0.15) is 35.1 Å². The molecule has 1 amide bonds. The van der Waals surface area contributed by atoms with Gasteiger partial charge in [-0.2, -0.15) is 9.90 Å². The van der Waals surface area contributed by atoms with E-state index in [9.17, 15) is 24.5 Å². The predicted molar refractivity (Wildman–Crippen MR) is 114 cm³/mol. The number of hydrogen-bond donors (Lipinski definition) is 0. The van der Waals surface area contributed by atoms with E-state index in [0.29, 0.717) is 17.7 Å². The monoisotopic (exact) mass is 475 g/mol. The van der Waals surface area contributed by atoms with Gasteiger partial charge in [-0.05, 0) is 31.5 Å². The molecule has 0 saturated carbocycles. The quantitative estimate of drug-likeness (QED) is 0.249. The summed E-state index contributed by atoms with van der Waals surface area (Å²) in [5.41, 5.74) is 0.998. The molecule has 2 fully saturated rings. The number of ether oxygens (including phenoxy) is 2. The number of nitro groups is 1. The number of esters is 2. The lowest BCUT2D eigenvalue weighted by Gasteiger charge is -2.37. The van der Waals surface area contributed by atoms with E-state index in [1.54, 1.807) is 6.92 Å². The number of fused-ring (bicyclic) bond motifs is 1. The number of hydrogen-bond acceptors (Lipinski definition) is 10. The molecular weight excluding hydrogens is 454 g/mol. The van der Waals surface area contributed by atoms with Gasteiger partial charge in [0.15, 0.2) is 5.69 Å². The number of carbonyl (C=O) groups is 3.